The van der Waals surface area contributed by atoms with Crippen LogP contribution in [0.1, 0.15) is 51.9 Å². The first-order valence-electron chi connectivity index (χ1n) is 12.0. The van der Waals surface area contributed by atoms with E-state index >= 15 is 0 Å². The van der Waals surface area contributed by atoms with Crippen molar-refractivity contribution >= 4 is 23.0 Å². The number of allylic oxidation sites excluding steroid dienone is 1. The number of benzene rings is 2. The van der Waals surface area contributed by atoms with Gasteiger partial charge in [0.2, 0.25) is 5.91 Å². The third kappa shape index (κ3) is 6.62. The van der Waals surface area contributed by atoms with Gasteiger partial charge >= 0.3 is 0 Å². The number of hydrogen-bond acceptors (Lipinski definition) is 4. The first kappa shape index (κ1) is 25.3. The molecule has 3 rings (SSSR count). The predicted molar refractivity (Wildman–Crippen MR) is 138 cm³/mol. The van der Waals surface area contributed by atoms with Gasteiger partial charge < -0.3 is 19.4 Å². The molecule has 0 spiro atoms. The SMILES string of the molecule is C/C=C/c1ccc(OCCCCn2c(CCNC(=O)C(C)(C)C)nc3ccccc32)c(OC)c1. The van der Waals surface area contributed by atoms with Crippen molar-refractivity contribution in [3.63, 3.8) is 0 Å². The quantitative estimate of drug-likeness (QED) is 0.374. The lowest BCUT2D eigenvalue weighted by Crippen LogP contribution is -2.36. The van der Waals surface area contributed by atoms with Crippen molar-refractivity contribution in [3.05, 3.63) is 59.9 Å². The third-order valence-electron chi connectivity index (χ3n) is 5.63. The van der Waals surface area contributed by atoms with E-state index in [1.165, 1.54) is 0 Å². The molecule has 0 fully saturated rings. The lowest BCUT2D eigenvalue weighted by molar-refractivity contribution is -0.128. The fourth-order valence-electron chi connectivity index (χ4n) is 3.77. The Morgan fingerprint density at radius 2 is 1.91 bits per heavy atom. The number of methoxy groups -OCH3 is 1. The maximum atomic E-state index is 12.2. The summed E-state index contributed by atoms with van der Waals surface area (Å²) in [6.45, 7) is 9.80. The number of imidazole rings is 1. The molecule has 0 bridgehead atoms. The van der Waals surface area contributed by atoms with Crippen LogP contribution in [0.4, 0.5) is 0 Å². The van der Waals surface area contributed by atoms with Gasteiger partial charge in [-0.3, -0.25) is 4.79 Å². The molecule has 1 heterocycles. The smallest absolute Gasteiger partial charge is 0.225 e. The fourth-order valence-corrected chi connectivity index (χ4v) is 3.77. The average Bonchev–Trinajstić information content (AvgIpc) is 3.16. The van der Waals surface area contributed by atoms with Crippen LogP contribution in [0.25, 0.3) is 17.1 Å². The fraction of sp³-hybridized carbons (Fsp3) is 0.429. The van der Waals surface area contributed by atoms with Crippen LogP contribution in [0.2, 0.25) is 0 Å². The highest BCUT2D eigenvalue weighted by atomic mass is 16.5. The Morgan fingerprint density at radius 1 is 1.12 bits per heavy atom. The van der Waals surface area contributed by atoms with E-state index in [-0.39, 0.29) is 5.91 Å². The van der Waals surface area contributed by atoms with Crippen molar-refractivity contribution in [2.75, 3.05) is 20.3 Å². The molecule has 0 saturated carbocycles. The number of para-hydroxylation sites is 2. The van der Waals surface area contributed by atoms with E-state index in [1.807, 2.05) is 76.2 Å². The number of ether oxygens (including phenoxy) is 2. The number of nitrogens with one attached hydrogen (secondary N) is 1. The highest BCUT2D eigenvalue weighted by Gasteiger charge is 2.20. The summed E-state index contributed by atoms with van der Waals surface area (Å²) in [5.74, 6) is 2.56. The molecule has 1 aromatic heterocycles. The molecule has 3 aromatic rings. The Bertz CT molecular complexity index is 1130. The number of rotatable bonds is 11. The summed E-state index contributed by atoms with van der Waals surface area (Å²) in [7, 11) is 1.66. The van der Waals surface area contributed by atoms with Crippen molar-refractivity contribution in [3.8, 4) is 11.5 Å². The molecular formula is C28H37N3O3. The monoisotopic (exact) mass is 463 g/mol. The highest BCUT2D eigenvalue weighted by Crippen LogP contribution is 2.29. The van der Waals surface area contributed by atoms with Crippen molar-refractivity contribution in [2.24, 2.45) is 5.41 Å². The lowest BCUT2D eigenvalue weighted by Gasteiger charge is -2.17. The maximum absolute atomic E-state index is 12.2. The van der Waals surface area contributed by atoms with Crippen LogP contribution in [0.15, 0.2) is 48.5 Å². The molecule has 0 aliphatic carbocycles. The number of carbonyl (C=O) groups excluding carboxylic acids is 1. The summed E-state index contributed by atoms with van der Waals surface area (Å²) in [6.07, 6.45) is 6.60. The molecular weight excluding hydrogens is 426 g/mol. The van der Waals surface area contributed by atoms with E-state index in [0.717, 1.165) is 53.3 Å². The second-order valence-electron chi connectivity index (χ2n) is 9.39. The molecule has 6 nitrogen and oxygen atoms in total. The largest absolute Gasteiger partial charge is 0.493 e. The van der Waals surface area contributed by atoms with Gasteiger partial charge in [-0.1, -0.05) is 51.1 Å². The second kappa shape index (κ2) is 11.7. The number of nitrogens with zero attached hydrogens (tertiary/aromatic N) is 2. The van der Waals surface area contributed by atoms with Crippen LogP contribution in [-0.4, -0.2) is 35.7 Å². The van der Waals surface area contributed by atoms with Gasteiger partial charge in [0.05, 0.1) is 24.8 Å². The average molecular weight is 464 g/mol. The van der Waals surface area contributed by atoms with Gasteiger partial charge in [-0.05, 0) is 49.6 Å². The van der Waals surface area contributed by atoms with Crippen molar-refractivity contribution < 1.29 is 14.3 Å². The number of aromatic nitrogens is 2. The summed E-state index contributed by atoms with van der Waals surface area (Å²) in [5.41, 5.74) is 2.81. The standard InChI is InChI=1S/C28H37N3O3/c1-6-11-21-14-15-24(25(20-21)33-5)34-19-10-9-18-31-23-13-8-7-12-22(23)30-26(31)16-17-29-27(32)28(2,3)4/h6-8,11-15,20H,9-10,16-19H2,1-5H3,(H,29,32)/b11-6+. The van der Waals surface area contributed by atoms with Gasteiger partial charge in [-0.2, -0.15) is 0 Å². The highest BCUT2D eigenvalue weighted by molar-refractivity contribution is 5.81. The minimum atomic E-state index is -0.393. The zero-order valence-electron chi connectivity index (χ0n) is 21.1. The van der Waals surface area contributed by atoms with E-state index in [1.54, 1.807) is 7.11 Å². The molecule has 1 amide bonds. The Labute approximate surface area is 203 Å². The van der Waals surface area contributed by atoms with Gasteiger partial charge in [0.15, 0.2) is 11.5 Å². The zero-order chi connectivity index (χ0) is 24.6. The lowest BCUT2D eigenvalue weighted by atomic mass is 9.96. The number of aryl methyl sites for hydroxylation is 1. The molecule has 0 radical (unpaired) electrons. The molecule has 2 aromatic carbocycles. The first-order valence-corrected chi connectivity index (χ1v) is 12.0. The van der Waals surface area contributed by atoms with E-state index in [9.17, 15) is 4.79 Å². The second-order valence-corrected chi connectivity index (χ2v) is 9.39. The topological polar surface area (TPSA) is 65.4 Å². The van der Waals surface area contributed by atoms with Gasteiger partial charge in [-0.15, -0.1) is 0 Å². The molecule has 0 aliphatic rings. The molecule has 0 aliphatic heterocycles. The Morgan fingerprint density at radius 3 is 2.65 bits per heavy atom. The summed E-state index contributed by atoms with van der Waals surface area (Å²) in [4.78, 5) is 17.0. The zero-order valence-corrected chi connectivity index (χ0v) is 21.1. The first-order chi connectivity index (χ1) is 16.3. The predicted octanol–water partition coefficient (Wildman–Crippen LogP) is 5.64. The van der Waals surface area contributed by atoms with Crippen LogP contribution in [0.3, 0.4) is 0 Å². The number of fused-ring (bicyclic) bond motifs is 1. The van der Waals surface area contributed by atoms with Crippen LogP contribution in [0.5, 0.6) is 11.5 Å². The molecule has 0 unspecified atom stereocenters. The van der Waals surface area contributed by atoms with Crippen LogP contribution in [-0.2, 0) is 17.8 Å². The van der Waals surface area contributed by atoms with E-state index in [4.69, 9.17) is 14.5 Å². The van der Waals surface area contributed by atoms with E-state index in [0.29, 0.717) is 19.6 Å². The van der Waals surface area contributed by atoms with Crippen LogP contribution in [0, 0.1) is 5.41 Å². The minimum Gasteiger partial charge on any atom is -0.493 e. The summed E-state index contributed by atoms with van der Waals surface area (Å²) >= 11 is 0. The number of unbranched alkanes of at least 4 members (excludes halogenated alkanes) is 1. The molecule has 6 heteroatoms. The maximum Gasteiger partial charge on any atom is 0.225 e. The van der Waals surface area contributed by atoms with E-state index in [2.05, 4.69) is 16.0 Å². The Kier molecular flexibility index (Phi) is 8.74. The van der Waals surface area contributed by atoms with Crippen molar-refractivity contribution in [2.45, 2.75) is 53.5 Å². The normalized spacial score (nSPS) is 11.8. The van der Waals surface area contributed by atoms with E-state index < -0.39 is 5.41 Å². The number of hydrogen-bond donors (Lipinski definition) is 1. The molecule has 34 heavy (non-hydrogen) atoms. The number of carbonyl (C=O) groups is 1. The van der Waals surface area contributed by atoms with Gasteiger partial charge in [-0.25, -0.2) is 4.98 Å². The molecule has 0 atom stereocenters. The van der Waals surface area contributed by atoms with Crippen molar-refractivity contribution in [1.29, 1.82) is 0 Å². The molecule has 0 saturated heterocycles. The molecule has 182 valence electrons. The number of amides is 1. The van der Waals surface area contributed by atoms with Gasteiger partial charge in [0.1, 0.15) is 5.82 Å². The summed E-state index contributed by atoms with van der Waals surface area (Å²) in [6, 6.07) is 14.2. The summed E-state index contributed by atoms with van der Waals surface area (Å²) in [5, 5.41) is 3.03. The van der Waals surface area contributed by atoms with Crippen LogP contribution < -0.4 is 14.8 Å². The Balaban J connectivity index is 1.57. The third-order valence-corrected chi connectivity index (χ3v) is 5.63. The van der Waals surface area contributed by atoms with Crippen molar-refractivity contribution in [1.82, 2.24) is 14.9 Å². The summed E-state index contributed by atoms with van der Waals surface area (Å²) < 4.78 is 13.8. The molecule has 1 N–H and O–H groups in total. The minimum absolute atomic E-state index is 0.0569. The van der Waals surface area contributed by atoms with Gasteiger partial charge in [0, 0.05) is 24.9 Å². The van der Waals surface area contributed by atoms with Crippen LogP contribution >= 0.6 is 0 Å². The van der Waals surface area contributed by atoms with Gasteiger partial charge in [0.25, 0.3) is 0 Å². The Hall–Kier alpha value is -3.28.